The zero-order valence-electron chi connectivity index (χ0n) is 11.8. The largest absolute Gasteiger partial charge is 0.491 e. The van der Waals surface area contributed by atoms with Crippen molar-refractivity contribution in [3.05, 3.63) is 29.8 Å². The third kappa shape index (κ3) is 6.07. The molecule has 108 valence electrons. The Morgan fingerprint density at radius 2 is 1.95 bits per heavy atom. The summed E-state index contributed by atoms with van der Waals surface area (Å²) in [7, 11) is -2.90. The van der Waals surface area contributed by atoms with Gasteiger partial charge in [0, 0.05) is 24.4 Å². The first-order valence-electron chi connectivity index (χ1n) is 6.60. The molecule has 1 aromatic carbocycles. The molecule has 0 spiro atoms. The van der Waals surface area contributed by atoms with Gasteiger partial charge in [-0.05, 0) is 19.9 Å². The molecular formula is C14H23NO3S. The molecule has 5 heteroatoms. The minimum atomic E-state index is -2.90. The lowest BCUT2D eigenvalue weighted by Gasteiger charge is -2.14. The average molecular weight is 285 g/mol. The van der Waals surface area contributed by atoms with Crippen LogP contribution in [0.5, 0.6) is 5.75 Å². The monoisotopic (exact) mass is 285 g/mol. The molecule has 0 heterocycles. The number of rotatable bonds is 8. The highest BCUT2D eigenvalue weighted by Crippen LogP contribution is 2.18. The number of hydrogen-bond acceptors (Lipinski definition) is 4. The topological polar surface area (TPSA) is 55.4 Å². The van der Waals surface area contributed by atoms with E-state index in [1.807, 2.05) is 38.1 Å². The second-order valence-corrected chi connectivity index (χ2v) is 7.16. The predicted molar refractivity (Wildman–Crippen MR) is 78.2 cm³/mol. The molecule has 0 aliphatic rings. The van der Waals surface area contributed by atoms with Gasteiger partial charge in [0.15, 0.2) is 9.84 Å². The maximum Gasteiger partial charge on any atom is 0.151 e. The molecule has 0 amide bonds. The number of ether oxygens (including phenoxy) is 1. The van der Waals surface area contributed by atoms with E-state index in [-0.39, 0.29) is 17.6 Å². The number of hydrogen-bond donors (Lipinski definition) is 1. The van der Waals surface area contributed by atoms with Crippen molar-refractivity contribution in [3.63, 3.8) is 0 Å². The highest BCUT2D eigenvalue weighted by molar-refractivity contribution is 7.91. The van der Waals surface area contributed by atoms with Crippen LogP contribution in [0.4, 0.5) is 0 Å². The van der Waals surface area contributed by atoms with Crippen LogP contribution in [0.1, 0.15) is 26.3 Å². The van der Waals surface area contributed by atoms with Gasteiger partial charge >= 0.3 is 0 Å². The van der Waals surface area contributed by atoms with Crippen LogP contribution in [0, 0.1) is 0 Å². The fourth-order valence-corrected chi connectivity index (χ4v) is 2.36. The van der Waals surface area contributed by atoms with Gasteiger partial charge in [-0.3, -0.25) is 0 Å². The van der Waals surface area contributed by atoms with Crippen LogP contribution in [-0.4, -0.2) is 32.6 Å². The van der Waals surface area contributed by atoms with Gasteiger partial charge in [-0.25, -0.2) is 8.42 Å². The fourth-order valence-electron chi connectivity index (χ4n) is 1.61. The molecule has 19 heavy (non-hydrogen) atoms. The summed E-state index contributed by atoms with van der Waals surface area (Å²) in [6, 6.07) is 7.80. The van der Waals surface area contributed by atoms with Gasteiger partial charge in [-0.1, -0.05) is 25.1 Å². The van der Waals surface area contributed by atoms with Crippen molar-refractivity contribution in [1.29, 1.82) is 0 Å². The molecule has 0 atom stereocenters. The first-order valence-corrected chi connectivity index (χ1v) is 8.42. The van der Waals surface area contributed by atoms with Crippen LogP contribution >= 0.6 is 0 Å². The Morgan fingerprint density at radius 3 is 2.58 bits per heavy atom. The summed E-state index contributed by atoms with van der Waals surface area (Å²) in [4.78, 5) is 0. The molecule has 0 radical (unpaired) electrons. The van der Waals surface area contributed by atoms with Crippen molar-refractivity contribution in [1.82, 2.24) is 5.32 Å². The second-order valence-electron chi connectivity index (χ2n) is 4.69. The van der Waals surface area contributed by atoms with Crippen LogP contribution in [0.15, 0.2) is 24.3 Å². The van der Waals surface area contributed by atoms with Crippen LogP contribution in [-0.2, 0) is 16.4 Å². The lowest BCUT2D eigenvalue weighted by Crippen LogP contribution is -2.24. The van der Waals surface area contributed by atoms with Crippen LogP contribution in [0.25, 0.3) is 0 Å². The van der Waals surface area contributed by atoms with E-state index in [1.54, 1.807) is 6.92 Å². The minimum Gasteiger partial charge on any atom is -0.491 e. The molecule has 1 N–H and O–H groups in total. The zero-order chi connectivity index (χ0) is 14.3. The second kappa shape index (κ2) is 7.50. The van der Waals surface area contributed by atoms with Crippen molar-refractivity contribution in [2.45, 2.75) is 33.4 Å². The highest BCUT2D eigenvalue weighted by Gasteiger charge is 2.08. The first-order chi connectivity index (χ1) is 8.94. The summed E-state index contributed by atoms with van der Waals surface area (Å²) in [5.74, 6) is 1.22. The molecule has 0 saturated carbocycles. The molecular weight excluding hydrogens is 262 g/mol. The maximum atomic E-state index is 11.4. The van der Waals surface area contributed by atoms with Crippen LogP contribution in [0.2, 0.25) is 0 Å². The number of para-hydroxylation sites is 1. The van der Waals surface area contributed by atoms with E-state index in [0.29, 0.717) is 13.1 Å². The summed E-state index contributed by atoms with van der Waals surface area (Å²) in [5, 5.41) is 3.15. The summed E-state index contributed by atoms with van der Waals surface area (Å²) in [5.41, 5.74) is 1.05. The Bertz CT molecular complexity index is 483. The molecule has 4 nitrogen and oxygen atoms in total. The van der Waals surface area contributed by atoms with Crippen molar-refractivity contribution in [2.24, 2.45) is 0 Å². The van der Waals surface area contributed by atoms with Gasteiger partial charge in [0.2, 0.25) is 0 Å². The van der Waals surface area contributed by atoms with E-state index in [2.05, 4.69) is 5.32 Å². The van der Waals surface area contributed by atoms with E-state index in [4.69, 9.17) is 4.74 Å². The third-order valence-electron chi connectivity index (χ3n) is 2.68. The molecule has 0 aliphatic heterocycles. The molecule has 0 bridgehead atoms. The molecule has 0 aliphatic carbocycles. The Kier molecular flexibility index (Phi) is 6.31. The fraction of sp³-hybridized carbons (Fsp3) is 0.571. The summed E-state index contributed by atoms with van der Waals surface area (Å²) in [6.45, 7) is 6.71. The van der Waals surface area contributed by atoms with Crippen molar-refractivity contribution in [3.8, 4) is 5.75 Å². The first kappa shape index (κ1) is 16.0. The van der Waals surface area contributed by atoms with E-state index < -0.39 is 9.84 Å². The minimum absolute atomic E-state index is 0.126. The Hall–Kier alpha value is -1.07. The quantitative estimate of drug-likeness (QED) is 0.742. The van der Waals surface area contributed by atoms with E-state index in [9.17, 15) is 8.42 Å². The van der Waals surface area contributed by atoms with Gasteiger partial charge in [-0.15, -0.1) is 0 Å². The Balaban J connectivity index is 2.49. The average Bonchev–Trinajstić information content (AvgIpc) is 2.36. The van der Waals surface area contributed by atoms with E-state index in [0.717, 1.165) is 11.3 Å². The van der Waals surface area contributed by atoms with Gasteiger partial charge in [0.1, 0.15) is 5.75 Å². The molecule has 0 aromatic heterocycles. The molecule has 0 fully saturated rings. The summed E-state index contributed by atoms with van der Waals surface area (Å²) in [6.07, 6.45) is 0.126. The number of nitrogens with one attached hydrogen (secondary N) is 1. The Morgan fingerprint density at radius 1 is 1.26 bits per heavy atom. The lowest BCUT2D eigenvalue weighted by molar-refractivity contribution is 0.239. The van der Waals surface area contributed by atoms with Crippen molar-refractivity contribution >= 4 is 9.84 Å². The van der Waals surface area contributed by atoms with Gasteiger partial charge in [0.25, 0.3) is 0 Å². The summed E-state index contributed by atoms with van der Waals surface area (Å²) >= 11 is 0. The van der Waals surface area contributed by atoms with E-state index >= 15 is 0 Å². The van der Waals surface area contributed by atoms with Crippen LogP contribution < -0.4 is 10.1 Å². The Labute approximate surface area is 116 Å². The standard InChI is InChI=1S/C14H23NO3S/c1-4-19(16,17)10-9-15-11-13-7-5-6-8-14(13)18-12(2)3/h5-8,12,15H,4,9-11H2,1-3H3. The maximum absolute atomic E-state index is 11.4. The SMILES string of the molecule is CCS(=O)(=O)CCNCc1ccccc1OC(C)C. The van der Waals surface area contributed by atoms with Gasteiger partial charge in [-0.2, -0.15) is 0 Å². The molecule has 0 unspecified atom stereocenters. The van der Waals surface area contributed by atoms with Crippen LogP contribution in [0.3, 0.4) is 0 Å². The lowest BCUT2D eigenvalue weighted by atomic mass is 10.2. The summed E-state index contributed by atoms with van der Waals surface area (Å²) < 4.78 is 28.4. The van der Waals surface area contributed by atoms with Crippen molar-refractivity contribution in [2.75, 3.05) is 18.1 Å². The third-order valence-corrected chi connectivity index (χ3v) is 4.39. The van der Waals surface area contributed by atoms with E-state index in [1.165, 1.54) is 0 Å². The van der Waals surface area contributed by atoms with Gasteiger partial charge in [0.05, 0.1) is 11.9 Å². The smallest absolute Gasteiger partial charge is 0.151 e. The predicted octanol–water partition coefficient (Wildman–Crippen LogP) is 2.00. The molecule has 1 aromatic rings. The van der Waals surface area contributed by atoms with Gasteiger partial charge < -0.3 is 10.1 Å². The number of benzene rings is 1. The highest BCUT2D eigenvalue weighted by atomic mass is 32.2. The molecule has 0 saturated heterocycles. The van der Waals surface area contributed by atoms with Crippen molar-refractivity contribution < 1.29 is 13.2 Å². The number of sulfone groups is 1. The normalized spacial score (nSPS) is 11.8. The molecule has 1 rings (SSSR count). The zero-order valence-corrected chi connectivity index (χ0v) is 12.7.